The second-order valence-corrected chi connectivity index (χ2v) is 12.0. The molecule has 4 nitrogen and oxygen atoms in total. The minimum atomic E-state index is -2.23. The highest BCUT2D eigenvalue weighted by molar-refractivity contribution is 7.99. The Morgan fingerprint density at radius 3 is 2.12 bits per heavy atom. The Labute approximate surface area is 261 Å². The zero-order valence-electron chi connectivity index (χ0n) is 26.6. The van der Waals surface area contributed by atoms with Crippen LogP contribution in [0.3, 0.4) is 0 Å². The second kappa shape index (κ2) is 10.4. The highest BCUT2D eigenvalue weighted by atomic mass is 32.2. The van der Waals surface area contributed by atoms with Gasteiger partial charge in [-0.05, 0) is 84.3 Å². The first-order valence-electron chi connectivity index (χ1n) is 15.8. The lowest BCUT2D eigenvalue weighted by Crippen LogP contribution is -2.23. The first-order valence-corrected chi connectivity index (χ1v) is 15.1. The number of anilines is 6. The predicted octanol–water partition coefficient (Wildman–Crippen LogP) is 10.2. The van der Waals surface area contributed by atoms with Crippen molar-refractivity contribution < 1.29 is 4.11 Å². The van der Waals surface area contributed by atoms with E-state index in [1.807, 2.05) is 48.7 Å². The maximum atomic E-state index is 8.10. The first-order chi connectivity index (χ1) is 22.3. The molecule has 0 bridgehead atoms. The third kappa shape index (κ3) is 4.44. The van der Waals surface area contributed by atoms with Crippen LogP contribution in [-0.4, -0.2) is 18.6 Å². The van der Waals surface area contributed by atoms with E-state index in [0.29, 0.717) is 0 Å². The SMILES string of the molecule is [2H]C([2H])([2H])N1CN(c2cccc(Sc3ccc4c(c3)N(c3cc(C)ccn3)c3ccccc3-c3ccccc3-4)c2)c2ccccc21. The molecule has 2 aliphatic rings. The molecule has 0 N–H and O–H groups in total. The molecule has 5 heteroatoms. The fourth-order valence-corrected chi connectivity index (χ4v) is 7.05. The van der Waals surface area contributed by atoms with Crippen LogP contribution in [0, 0.1) is 6.92 Å². The molecule has 0 atom stereocenters. The van der Waals surface area contributed by atoms with E-state index in [1.165, 1.54) is 16.0 Å². The van der Waals surface area contributed by atoms with Crippen LogP contribution in [0.4, 0.5) is 34.3 Å². The second-order valence-electron chi connectivity index (χ2n) is 10.9. The van der Waals surface area contributed by atoms with Crippen LogP contribution in [0.25, 0.3) is 22.3 Å². The Balaban J connectivity index is 1.21. The van der Waals surface area contributed by atoms with Crippen LogP contribution in [0.2, 0.25) is 0 Å². The van der Waals surface area contributed by atoms with E-state index in [9.17, 15) is 0 Å². The van der Waals surface area contributed by atoms with E-state index in [1.54, 1.807) is 11.8 Å². The molecule has 0 amide bonds. The molecule has 0 spiro atoms. The van der Waals surface area contributed by atoms with E-state index in [0.717, 1.165) is 60.7 Å². The summed E-state index contributed by atoms with van der Waals surface area (Å²) >= 11 is 1.69. The summed E-state index contributed by atoms with van der Waals surface area (Å²) in [6.07, 6.45) is 1.87. The highest BCUT2D eigenvalue weighted by Crippen LogP contribution is 2.51. The smallest absolute Gasteiger partial charge is 0.137 e. The van der Waals surface area contributed by atoms with Crippen LogP contribution >= 0.6 is 11.8 Å². The number of hydrogen-bond acceptors (Lipinski definition) is 5. The fourth-order valence-electron chi connectivity index (χ4n) is 6.14. The Bertz CT molecular complexity index is 2110. The molecule has 0 saturated heterocycles. The topological polar surface area (TPSA) is 22.6 Å². The number of pyridine rings is 1. The lowest BCUT2D eigenvalue weighted by molar-refractivity contribution is 0.948. The molecule has 43 heavy (non-hydrogen) atoms. The number of para-hydroxylation sites is 3. The molecule has 0 fully saturated rings. The van der Waals surface area contributed by atoms with Crippen LogP contribution in [0.5, 0.6) is 0 Å². The molecular formula is C38H30N4S. The van der Waals surface area contributed by atoms with Gasteiger partial charge >= 0.3 is 0 Å². The average molecular weight is 578 g/mol. The van der Waals surface area contributed by atoms with Crippen molar-refractivity contribution in [2.45, 2.75) is 16.7 Å². The molecule has 208 valence electrons. The molecule has 1 aromatic heterocycles. The number of aromatic nitrogens is 1. The minimum Gasteiger partial charge on any atom is -0.355 e. The number of nitrogens with zero attached hydrogens (tertiary/aromatic N) is 4. The van der Waals surface area contributed by atoms with Crippen molar-refractivity contribution in [2.24, 2.45) is 0 Å². The van der Waals surface area contributed by atoms with Crippen molar-refractivity contribution >= 4 is 46.0 Å². The summed E-state index contributed by atoms with van der Waals surface area (Å²) in [6.45, 7) is 0.133. The minimum absolute atomic E-state index is 0.264. The van der Waals surface area contributed by atoms with Gasteiger partial charge in [0.25, 0.3) is 0 Å². The number of aryl methyl sites for hydroxylation is 1. The van der Waals surface area contributed by atoms with E-state index in [-0.39, 0.29) is 6.67 Å². The summed E-state index contributed by atoms with van der Waals surface area (Å²) in [4.78, 5) is 12.8. The van der Waals surface area contributed by atoms with Gasteiger partial charge in [-0.1, -0.05) is 78.5 Å². The number of fused-ring (bicyclic) bond motifs is 6. The van der Waals surface area contributed by atoms with Crippen LogP contribution in [0.15, 0.2) is 143 Å². The summed E-state index contributed by atoms with van der Waals surface area (Å²) in [5.41, 5.74) is 10.6. The zero-order chi connectivity index (χ0) is 31.4. The third-order valence-electron chi connectivity index (χ3n) is 8.10. The van der Waals surface area contributed by atoms with Gasteiger partial charge in [0, 0.05) is 43.9 Å². The van der Waals surface area contributed by atoms with Gasteiger partial charge in [0.2, 0.25) is 0 Å². The van der Waals surface area contributed by atoms with Gasteiger partial charge in [-0.2, -0.15) is 0 Å². The fraction of sp³-hybridized carbons (Fsp3) is 0.0789. The van der Waals surface area contributed by atoms with Crippen LogP contribution in [0.1, 0.15) is 9.68 Å². The molecule has 3 heterocycles. The highest BCUT2D eigenvalue weighted by Gasteiger charge is 2.27. The molecule has 2 aliphatic heterocycles. The van der Waals surface area contributed by atoms with E-state index in [2.05, 4.69) is 102 Å². The van der Waals surface area contributed by atoms with Gasteiger partial charge in [-0.15, -0.1) is 0 Å². The molecule has 5 aromatic carbocycles. The Kier molecular flexibility index (Phi) is 5.45. The third-order valence-corrected chi connectivity index (χ3v) is 9.08. The number of benzene rings is 5. The van der Waals surface area contributed by atoms with E-state index in [4.69, 9.17) is 9.10 Å². The molecular weight excluding hydrogens is 545 g/mol. The van der Waals surface area contributed by atoms with Crippen LogP contribution in [-0.2, 0) is 0 Å². The Morgan fingerprint density at radius 2 is 1.33 bits per heavy atom. The van der Waals surface area contributed by atoms with Crippen molar-refractivity contribution in [1.29, 1.82) is 0 Å². The Hall–Kier alpha value is -5.00. The quantitative estimate of drug-likeness (QED) is 0.207. The molecule has 8 rings (SSSR count). The van der Waals surface area contributed by atoms with Gasteiger partial charge in [0.1, 0.15) is 5.82 Å². The summed E-state index contributed by atoms with van der Waals surface area (Å²) < 4.78 is 24.3. The van der Waals surface area contributed by atoms with Crippen molar-refractivity contribution in [3.8, 4) is 22.3 Å². The monoisotopic (exact) mass is 577 g/mol. The predicted molar refractivity (Wildman–Crippen MR) is 181 cm³/mol. The molecule has 6 aromatic rings. The summed E-state index contributed by atoms with van der Waals surface area (Å²) in [5.74, 6) is 0.872. The lowest BCUT2D eigenvalue weighted by atomic mass is 9.95. The molecule has 0 aliphatic carbocycles. The zero-order valence-corrected chi connectivity index (χ0v) is 24.4. The van der Waals surface area contributed by atoms with Gasteiger partial charge in [-0.3, -0.25) is 4.90 Å². The lowest BCUT2D eigenvalue weighted by Gasteiger charge is -2.27. The van der Waals surface area contributed by atoms with E-state index < -0.39 is 6.98 Å². The van der Waals surface area contributed by atoms with Crippen molar-refractivity contribution in [3.63, 3.8) is 0 Å². The van der Waals surface area contributed by atoms with Gasteiger partial charge < -0.3 is 9.80 Å². The maximum Gasteiger partial charge on any atom is 0.137 e. The molecule has 0 saturated carbocycles. The number of rotatable bonds is 4. The molecule has 0 unspecified atom stereocenters. The summed E-state index contributed by atoms with van der Waals surface area (Å²) in [7, 11) is 0. The van der Waals surface area contributed by atoms with Crippen molar-refractivity contribution in [1.82, 2.24) is 4.98 Å². The first kappa shape index (κ1) is 22.6. The standard InChI is InChI=1S/C38H30N4S/c1-26-20-21-39-38(22-26)42-34-15-6-5-14-32(34)30-12-3-4-13-31(30)33-19-18-29(24-37(33)42)43-28-11-9-10-27(23-28)41-25-40(2)35-16-7-8-17-36(35)41/h3-24H,25H2,1-2H3/i2D3. The van der Waals surface area contributed by atoms with Crippen molar-refractivity contribution in [3.05, 3.63) is 139 Å². The summed E-state index contributed by atoms with van der Waals surface area (Å²) in [5, 5.41) is 0. The average Bonchev–Trinajstić information content (AvgIpc) is 3.41. The molecule has 0 radical (unpaired) electrons. The largest absolute Gasteiger partial charge is 0.355 e. The van der Waals surface area contributed by atoms with E-state index >= 15 is 0 Å². The normalized spacial score (nSPS) is 14.5. The van der Waals surface area contributed by atoms with Crippen molar-refractivity contribution in [2.75, 3.05) is 28.3 Å². The summed E-state index contributed by atoms with van der Waals surface area (Å²) in [6, 6.07) is 44.0. The number of hydrogen-bond donors (Lipinski definition) is 0. The van der Waals surface area contributed by atoms with Gasteiger partial charge in [0.15, 0.2) is 0 Å². The van der Waals surface area contributed by atoms with Gasteiger partial charge in [-0.25, -0.2) is 4.98 Å². The maximum absolute atomic E-state index is 8.10. The van der Waals surface area contributed by atoms with Gasteiger partial charge in [0.05, 0.1) is 29.4 Å². The Morgan fingerprint density at radius 1 is 0.628 bits per heavy atom. The van der Waals surface area contributed by atoms with Crippen LogP contribution < -0.4 is 14.7 Å².